The number of ether oxygens (including phenoxy) is 1. The van der Waals surface area contributed by atoms with E-state index in [1.165, 1.54) is 4.68 Å². The summed E-state index contributed by atoms with van der Waals surface area (Å²) < 4.78 is 6.20. The van der Waals surface area contributed by atoms with Crippen LogP contribution in [0.3, 0.4) is 0 Å². The first-order chi connectivity index (χ1) is 11.2. The number of hydrogen-bond donors (Lipinski definition) is 0. The summed E-state index contributed by atoms with van der Waals surface area (Å²) in [4.78, 5) is 14.4. The Balaban J connectivity index is 2.40. The first-order valence-corrected chi connectivity index (χ1v) is 6.97. The Morgan fingerprint density at radius 3 is 2.83 bits per heavy atom. The average Bonchev–Trinajstić information content (AvgIpc) is 3.01. The van der Waals surface area contributed by atoms with E-state index in [1.807, 2.05) is 30.3 Å². The molecule has 0 saturated heterocycles. The van der Waals surface area contributed by atoms with Gasteiger partial charge in [-0.3, -0.25) is 0 Å². The molecule has 0 aliphatic rings. The van der Waals surface area contributed by atoms with Crippen molar-refractivity contribution in [2.75, 3.05) is 6.61 Å². The van der Waals surface area contributed by atoms with Crippen molar-refractivity contribution in [3.05, 3.63) is 57.9 Å². The Morgan fingerprint density at radius 1 is 1.43 bits per heavy atom. The highest BCUT2D eigenvalue weighted by molar-refractivity contribution is 6.50. The number of tetrazole rings is 1. The Morgan fingerprint density at radius 2 is 2.17 bits per heavy atom. The molecule has 0 atom stereocenters. The lowest BCUT2D eigenvalue weighted by molar-refractivity contribution is -0.138. The number of esters is 1. The van der Waals surface area contributed by atoms with Crippen LogP contribution in [0.4, 0.5) is 0 Å². The van der Waals surface area contributed by atoms with Crippen LogP contribution in [0.2, 0.25) is 0 Å². The van der Waals surface area contributed by atoms with Crippen molar-refractivity contribution in [3.8, 4) is 0 Å². The Hall–Kier alpha value is -2.90. The minimum atomic E-state index is -0.843. The summed E-state index contributed by atoms with van der Waals surface area (Å²) in [5, 5.41) is 14.3. The van der Waals surface area contributed by atoms with Crippen LogP contribution in [0.15, 0.2) is 41.1 Å². The number of azide groups is 1. The lowest BCUT2D eigenvalue weighted by atomic mass is 10.2. The van der Waals surface area contributed by atoms with Crippen LogP contribution >= 0.6 is 11.6 Å². The van der Waals surface area contributed by atoms with Gasteiger partial charge in [0.1, 0.15) is 10.7 Å². The highest BCUT2D eigenvalue weighted by Gasteiger charge is 2.20. The Kier molecular flexibility index (Phi) is 5.67. The molecule has 9 nitrogen and oxygen atoms in total. The maximum absolute atomic E-state index is 11.8. The molecule has 0 spiro atoms. The van der Waals surface area contributed by atoms with Crippen LogP contribution in [-0.4, -0.2) is 32.8 Å². The molecule has 23 heavy (non-hydrogen) atoms. The van der Waals surface area contributed by atoms with Crippen LogP contribution in [0.25, 0.3) is 15.5 Å². The van der Waals surface area contributed by atoms with Gasteiger partial charge >= 0.3 is 5.97 Å². The number of benzene rings is 1. The van der Waals surface area contributed by atoms with Crippen LogP contribution in [0, 0.1) is 0 Å². The number of nitrogens with zero attached hydrogens (tertiary/aromatic N) is 7. The second kappa shape index (κ2) is 7.92. The molecule has 0 aliphatic carbocycles. The number of carbonyl (C=O) groups is 1. The van der Waals surface area contributed by atoms with Crippen molar-refractivity contribution < 1.29 is 9.53 Å². The molecule has 0 amide bonds. The maximum Gasteiger partial charge on any atom is 0.342 e. The summed E-state index contributed by atoms with van der Waals surface area (Å²) in [7, 11) is 0. The third kappa shape index (κ3) is 4.06. The van der Waals surface area contributed by atoms with E-state index in [0.717, 1.165) is 5.56 Å². The van der Waals surface area contributed by atoms with Gasteiger partial charge in [-0.15, -0.1) is 5.10 Å². The van der Waals surface area contributed by atoms with Gasteiger partial charge in [0.2, 0.25) is 0 Å². The second-order valence-corrected chi connectivity index (χ2v) is 4.60. The number of aromatic nitrogens is 4. The van der Waals surface area contributed by atoms with Crippen LogP contribution in [-0.2, 0) is 16.1 Å². The molecule has 0 N–H and O–H groups in total. The van der Waals surface area contributed by atoms with Gasteiger partial charge < -0.3 is 4.74 Å². The molecule has 0 aliphatic heterocycles. The molecule has 1 heterocycles. The van der Waals surface area contributed by atoms with Gasteiger partial charge in [-0.25, -0.2) is 9.48 Å². The first kappa shape index (κ1) is 16.5. The van der Waals surface area contributed by atoms with Gasteiger partial charge in [-0.2, -0.15) is 0 Å². The Labute approximate surface area is 136 Å². The lowest BCUT2D eigenvalue weighted by Crippen LogP contribution is -2.10. The standard InChI is InChI=1S/C13H12ClN7O2/c1-2-23-13(22)11(16-18-15)10(14)12-17-19-20-21(12)8-9-6-4-3-5-7-9/h3-7H,2,8H2,1H3/b11-10-. The molecule has 2 rings (SSSR count). The minimum Gasteiger partial charge on any atom is -0.462 e. The molecule has 0 saturated carbocycles. The summed E-state index contributed by atoms with van der Waals surface area (Å²) in [6.07, 6.45) is 0. The molecule has 0 fully saturated rings. The van der Waals surface area contributed by atoms with Gasteiger partial charge in [0.15, 0.2) is 5.82 Å². The maximum atomic E-state index is 11.8. The molecular formula is C13H12ClN7O2. The Bertz CT molecular complexity index is 766. The molecule has 2 aromatic rings. The number of rotatable bonds is 6. The van der Waals surface area contributed by atoms with Crippen molar-refractivity contribution in [1.29, 1.82) is 0 Å². The first-order valence-electron chi connectivity index (χ1n) is 6.59. The number of carbonyl (C=O) groups excluding carboxylic acids is 1. The van der Waals surface area contributed by atoms with Crippen molar-refractivity contribution in [2.45, 2.75) is 13.5 Å². The zero-order valence-electron chi connectivity index (χ0n) is 12.1. The third-order valence-electron chi connectivity index (χ3n) is 2.72. The molecule has 118 valence electrons. The molecule has 0 bridgehead atoms. The van der Waals surface area contributed by atoms with Gasteiger partial charge in [0.05, 0.1) is 13.2 Å². The molecule has 1 aromatic carbocycles. The third-order valence-corrected chi connectivity index (χ3v) is 3.07. The van der Waals surface area contributed by atoms with E-state index in [9.17, 15) is 4.79 Å². The van der Waals surface area contributed by atoms with E-state index in [1.54, 1.807) is 6.92 Å². The highest BCUT2D eigenvalue weighted by Crippen LogP contribution is 2.23. The van der Waals surface area contributed by atoms with Gasteiger partial charge in [0.25, 0.3) is 0 Å². The average molecular weight is 334 g/mol. The number of hydrogen-bond acceptors (Lipinski definition) is 6. The number of halogens is 1. The van der Waals surface area contributed by atoms with Crippen molar-refractivity contribution in [3.63, 3.8) is 0 Å². The van der Waals surface area contributed by atoms with E-state index in [0.29, 0.717) is 6.54 Å². The summed E-state index contributed by atoms with van der Waals surface area (Å²) in [6, 6.07) is 9.42. The highest BCUT2D eigenvalue weighted by atomic mass is 35.5. The van der Waals surface area contributed by atoms with Crippen LogP contribution < -0.4 is 0 Å². The molecule has 10 heteroatoms. The fraction of sp³-hybridized carbons (Fsp3) is 0.231. The second-order valence-electron chi connectivity index (χ2n) is 4.22. The van der Waals surface area contributed by atoms with Crippen molar-refractivity contribution in [2.24, 2.45) is 5.11 Å². The minimum absolute atomic E-state index is 0.103. The van der Waals surface area contributed by atoms with E-state index in [4.69, 9.17) is 21.9 Å². The molecule has 0 radical (unpaired) electrons. The summed E-state index contributed by atoms with van der Waals surface area (Å²) in [5.41, 5.74) is 9.15. The molecular weight excluding hydrogens is 322 g/mol. The van der Waals surface area contributed by atoms with Crippen LogP contribution in [0.1, 0.15) is 18.3 Å². The molecule has 0 unspecified atom stereocenters. The predicted octanol–water partition coefficient (Wildman–Crippen LogP) is 2.50. The quantitative estimate of drug-likeness (QED) is 0.264. The van der Waals surface area contributed by atoms with Gasteiger partial charge in [0, 0.05) is 4.91 Å². The van der Waals surface area contributed by atoms with E-state index < -0.39 is 5.97 Å². The van der Waals surface area contributed by atoms with Gasteiger partial charge in [-0.1, -0.05) is 47.0 Å². The predicted molar refractivity (Wildman–Crippen MR) is 81.9 cm³/mol. The normalized spacial score (nSPS) is 11.4. The van der Waals surface area contributed by atoms with Crippen molar-refractivity contribution in [1.82, 2.24) is 20.2 Å². The smallest absolute Gasteiger partial charge is 0.342 e. The molecule has 1 aromatic heterocycles. The van der Waals surface area contributed by atoms with E-state index in [2.05, 4.69) is 25.6 Å². The largest absolute Gasteiger partial charge is 0.462 e. The summed E-state index contributed by atoms with van der Waals surface area (Å²) in [5.74, 6) is -0.740. The van der Waals surface area contributed by atoms with E-state index >= 15 is 0 Å². The lowest BCUT2D eigenvalue weighted by Gasteiger charge is -2.06. The van der Waals surface area contributed by atoms with Gasteiger partial charge in [-0.05, 0) is 28.4 Å². The van der Waals surface area contributed by atoms with E-state index in [-0.39, 0.29) is 23.2 Å². The van der Waals surface area contributed by atoms with Crippen molar-refractivity contribution >= 4 is 22.6 Å². The summed E-state index contributed by atoms with van der Waals surface area (Å²) >= 11 is 6.14. The zero-order chi connectivity index (χ0) is 16.7. The van der Waals surface area contributed by atoms with Crippen LogP contribution in [0.5, 0.6) is 0 Å². The SMILES string of the molecule is CCOC(=O)/C(N=[N+]=[N-])=C(/Cl)c1nnnn1Cc1ccccc1. The zero-order valence-corrected chi connectivity index (χ0v) is 12.9. The topological polar surface area (TPSA) is 119 Å². The fourth-order valence-corrected chi connectivity index (χ4v) is 2.00. The summed E-state index contributed by atoms with van der Waals surface area (Å²) in [6.45, 7) is 2.08. The monoisotopic (exact) mass is 333 g/mol. The fourth-order valence-electron chi connectivity index (χ4n) is 1.75.